The van der Waals surface area contributed by atoms with Crippen LogP contribution in [0.4, 0.5) is 4.39 Å². The summed E-state index contributed by atoms with van der Waals surface area (Å²) in [6, 6.07) is 6.35. The summed E-state index contributed by atoms with van der Waals surface area (Å²) in [6.45, 7) is 0.744. The molecule has 1 aromatic carbocycles. The fraction of sp³-hybridized carbons (Fsp3) is 0.333. The van der Waals surface area contributed by atoms with Crippen LogP contribution < -0.4 is 5.32 Å². The molecule has 3 rings (SSSR count). The molecule has 6 heteroatoms. The Morgan fingerprint density at radius 2 is 2.29 bits per heavy atom. The third kappa shape index (κ3) is 3.26. The second kappa shape index (κ2) is 6.30. The van der Waals surface area contributed by atoms with Gasteiger partial charge in [-0.15, -0.1) is 0 Å². The first kappa shape index (κ1) is 14.1. The van der Waals surface area contributed by atoms with Gasteiger partial charge in [0.1, 0.15) is 5.82 Å². The Kier molecular flexibility index (Phi) is 4.24. The number of nitrogens with one attached hydrogen (secondary N) is 1. The van der Waals surface area contributed by atoms with Crippen molar-refractivity contribution in [1.82, 2.24) is 14.9 Å². The van der Waals surface area contributed by atoms with Crippen molar-refractivity contribution >= 4 is 17.7 Å². The van der Waals surface area contributed by atoms with E-state index in [9.17, 15) is 9.18 Å². The van der Waals surface area contributed by atoms with E-state index in [2.05, 4.69) is 10.3 Å². The van der Waals surface area contributed by atoms with E-state index in [4.69, 9.17) is 0 Å². The summed E-state index contributed by atoms with van der Waals surface area (Å²) in [4.78, 5) is 16.3. The minimum absolute atomic E-state index is 0.0614. The number of rotatable bonds is 3. The van der Waals surface area contributed by atoms with Crippen molar-refractivity contribution < 1.29 is 9.18 Å². The molecule has 2 aromatic rings. The zero-order valence-electron chi connectivity index (χ0n) is 11.5. The molecule has 0 saturated carbocycles. The van der Waals surface area contributed by atoms with Crippen LogP contribution in [0.2, 0.25) is 0 Å². The average molecular weight is 305 g/mol. The lowest BCUT2D eigenvalue weighted by atomic mass is 10.2. The first-order valence-electron chi connectivity index (χ1n) is 6.98. The van der Waals surface area contributed by atoms with Crippen LogP contribution in [0.1, 0.15) is 19.3 Å². The molecule has 1 atom stereocenters. The molecule has 2 heterocycles. The lowest BCUT2D eigenvalue weighted by Gasteiger charge is -2.13. The summed E-state index contributed by atoms with van der Waals surface area (Å²) in [5.41, 5.74) is 0.712. The maximum atomic E-state index is 13.4. The monoisotopic (exact) mass is 305 g/mol. The summed E-state index contributed by atoms with van der Waals surface area (Å²) in [5.74, 6) is -0.226. The highest BCUT2D eigenvalue weighted by atomic mass is 32.2. The van der Waals surface area contributed by atoms with Crippen LogP contribution in [-0.4, -0.2) is 27.3 Å². The number of imidazole rings is 1. The van der Waals surface area contributed by atoms with E-state index in [1.54, 1.807) is 18.5 Å². The van der Waals surface area contributed by atoms with Crippen LogP contribution in [0.5, 0.6) is 0 Å². The average Bonchev–Trinajstić information content (AvgIpc) is 2.84. The maximum absolute atomic E-state index is 13.4. The van der Waals surface area contributed by atoms with Crippen molar-refractivity contribution in [1.29, 1.82) is 0 Å². The number of halogens is 1. The molecule has 4 nitrogen and oxygen atoms in total. The Morgan fingerprint density at radius 3 is 3.14 bits per heavy atom. The number of hydrogen-bond donors (Lipinski definition) is 1. The standard InChI is InChI=1S/C15H16FN3OS/c16-11-4-3-5-12(10-11)19-9-8-18-15(19)21-13-6-1-2-7-17-14(13)20/h3-5,8-10,13H,1-2,6-7H2,(H,17,20)/t13-/m0/s1. The molecule has 1 aliphatic rings. The molecule has 1 N–H and O–H groups in total. The number of nitrogens with zero attached hydrogens (tertiary/aromatic N) is 2. The van der Waals surface area contributed by atoms with Gasteiger partial charge in [0.15, 0.2) is 5.16 Å². The van der Waals surface area contributed by atoms with Crippen LogP contribution in [0.3, 0.4) is 0 Å². The summed E-state index contributed by atoms with van der Waals surface area (Å²) in [6.07, 6.45) is 6.33. The molecule has 1 aliphatic heterocycles. The number of amides is 1. The molecule has 1 fully saturated rings. The number of aromatic nitrogens is 2. The maximum Gasteiger partial charge on any atom is 0.233 e. The molecule has 0 aliphatic carbocycles. The summed E-state index contributed by atoms with van der Waals surface area (Å²) >= 11 is 1.44. The molecule has 0 spiro atoms. The van der Waals surface area contributed by atoms with Gasteiger partial charge in [0, 0.05) is 18.9 Å². The van der Waals surface area contributed by atoms with Crippen LogP contribution in [0.15, 0.2) is 41.8 Å². The molecule has 1 aromatic heterocycles. The lowest BCUT2D eigenvalue weighted by Crippen LogP contribution is -2.30. The summed E-state index contributed by atoms with van der Waals surface area (Å²) in [7, 11) is 0. The third-order valence-corrected chi connectivity index (χ3v) is 4.67. The van der Waals surface area contributed by atoms with Crippen molar-refractivity contribution in [2.75, 3.05) is 6.54 Å². The number of thioether (sulfide) groups is 1. The molecule has 1 amide bonds. The first-order chi connectivity index (χ1) is 10.2. The molecule has 0 radical (unpaired) electrons. The largest absolute Gasteiger partial charge is 0.355 e. The number of hydrogen-bond acceptors (Lipinski definition) is 3. The molecule has 1 saturated heterocycles. The van der Waals surface area contributed by atoms with Gasteiger partial charge in [0.2, 0.25) is 5.91 Å². The number of benzene rings is 1. The fourth-order valence-corrected chi connectivity index (χ4v) is 3.48. The van der Waals surface area contributed by atoms with Gasteiger partial charge in [-0.25, -0.2) is 9.37 Å². The smallest absolute Gasteiger partial charge is 0.233 e. The molecule has 110 valence electrons. The highest BCUT2D eigenvalue weighted by Gasteiger charge is 2.23. The Balaban J connectivity index is 1.84. The first-order valence-corrected chi connectivity index (χ1v) is 7.85. The Hall–Kier alpha value is -1.82. The van der Waals surface area contributed by atoms with Gasteiger partial charge in [-0.2, -0.15) is 0 Å². The van der Waals surface area contributed by atoms with Crippen LogP contribution in [0, 0.1) is 5.82 Å². The van der Waals surface area contributed by atoms with E-state index >= 15 is 0 Å². The van der Waals surface area contributed by atoms with Crippen LogP contribution in [0.25, 0.3) is 5.69 Å². The summed E-state index contributed by atoms with van der Waals surface area (Å²) in [5, 5.41) is 3.49. The second-order valence-corrected chi connectivity index (χ2v) is 6.12. The van der Waals surface area contributed by atoms with Gasteiger partial charge < -0.3 is 5.32 Å². The van der Waals surface area contributed by atoms with E-state index in [0.717, 1.165) is 25.8 Å². The number of carbonyl (C=O) groups excluding carboxylic acids is 1. The van der Waals surface area contributed by atoms with Crippen molar-refractivity contribution in [2.24, 2.45) is 0 Å². The second-order valence-electron chi connectivity index (χ2n) is 4.95. The quantitative estimate of drug-likeness (QED) is 0.948. The lowest BCUT2D eigenvalue weighted by molar-refractivity contribution is -0.120. The Labute approximate surface area is 126 Å². The predicted octanol–water partition coefficient (Wildman–Crippen LogP) is 2.77. The SMILES string of the molecule is O=C1NCCCC[C@@H]1Sc1nccn1-c1cccc(F)c1. The van der Waals surface area contributed by atoms with Crippen molar-refractivity contribution in [3.8, 4) is 5.69 Å². The van der Waals surface area contributed by atoms with Crippen LogP contribution >= 0.6 is 11.8 Å². The van der Waals surface area contributed by atoms with Gasteiger partial charge in [-0.1, -0.05) is 24.2 Å². The topological polar surface area (TPSA) is 46.9 Å². The molecule has 0 bridgehead atoms. The van der Waals surface area contributed by atoms with E-state index in [1.807, 2.05) is 10.6 Å². The normalized spacial score (nSPS) is 19.1. The molecule has 21 heavy (non-hydrogen) atoms. The van der Waals surface area contributed by atoms with Gasteiger partial charge in [-0.3, -0.25) is 9.36 Å². The third-order valence-electron chi connectivity index (χ3n) is 3.43. The van der Waals surface area contributed by atoms with Crippen LogP contribution in [-0.2, 0) is 4.79 Å². The molecular formula is C15H16FN3OS. The van der Waals surface area contributed by atoms with Gasteiger partial charge >= 0.3 is 0 Å². The van der Waals surface area contributed by atoms with E-state index in [-0.39, 0.29) is 17.0 Å². The van der Waals surface area contributed by atoms with Crippen molar-refractivity contribution in [3.63, 3.8) is 0 Å². The number of carbonyl (C=O) groups is 1. The Bertz CT molecular complexity index is 643. The molecular weight excluding hydrogens is 289 g/mol. The van der Waals surface area contributed by atoms with E-state index in [0.29, 0.717) is 10.8 Å². The van der Waals surface area contributed by atoms with E-state index in [1.165, 1.54) is 23.9 Å². The van der Waals surface area contributed by atoms with Gasteiger partial charge in [-0.05, 0) is 31.0 Å². The van der Waals surface area contributed by atoms with Crippen molar-refractivity contribution in [2.45, 2.75) is 29.7 Å². The van der Waals surface area contributed by atoms with Crippen molar-refractivity contribution in [3.05, 3.63) is 42.5 Å². The molecule has 0 unspecified atom stereocenters. The minimum Gasteiger partial charge on any atom is -0.355 e. The minimum atomic E-state index is -0.288. The van der Waals surface area contributed by atoms with E-state index < -0.39 is 0 Å². The zero-order chi connectivity index (χ0) is 14.7. The predicted molar refractivity (Wildman–Crippen MR) is 80.0 cm³/mol. The summed E-state index contributed by atoms with van der Waals surface area (Å²) < 4.78 is 15.2. The fourth-order valence-electron chi connectivity index (χ4n) is 2.35. The Morgan fingerprint density at radius 1 is 1.38 bits per heavy atom. The highest BCUT2D eigenvalue weighted by molar-refractivity contribution is 8.00. The highest BCUT2D eigenvalue weighted by Crippen LogP contribution is 2.28. The van der Waals surface area contributed by atoms with Gasteiger partial charge in [0.25, 0.3) is 0 Å². The van der Waals surface area contributed by atoms with Gasteiger partial charge in [0.05, 0.1) is 10.9 Å². The zero-order valence-corrected chi connectivity index (χ0v) is 12.3.